The number of pyridine rings is 1. The van der Waals surface area contributed by atoms with Crippen LogP contribution < -0.4 is 31.0 Å². The Hall–Kier alpha value is -6.09. The fourth-order valence-electron chi connectivity index (χ4n) is 9.10. The predicted octanol–water partition coefficient (Wildman–Crippen LogP) is 9.55. The Morgan fingerprint density at radius 1 is 0.892 bits per heavy atom. The molecule has 13 nitrogen and oxygen atoms in total. The van der Waals surface area contributed by atoms with Crippen LogP contribution in [-0.4, -0.2) is 70.6 Å². The van der Waals surface area contributed by atoms with Gasteiger partial charge in [0.25, 0.3) is 13.9 Å². The Bertz CT molecular complexity index is 2640. The minimum absolute atomic E-state index is 0.101. The summed E-state index contributed by atoms with van der Waals surface area (Å²) < 4.78 is 22.5. The molecule has 1 atom stereocenters. The highest BCUT2D eigenvalue weighted by Crippen LogP contribution is 2.41. The van der Waals surface area contributed by atoms with Gasteiger partial charge in [0.05, 0.1) is 29.5 Å². The van der Waals surface area contributed by atoms with Crippen molar-refractivity contribution >= 4 is 64.5 Å². The fraction of sp³-hybridized carbons (Fsp3) is 0.392. The molecule has 65 heavy (non-hydrogen) atoms. The molecule has 0 spiro atoms. The Morgan fingerprint density at radius 2 is 1.62 bits per heavy atom. The molecule has 2 aliphatic heterocycles. The van der Waals surface area contributed by atoms with E-state index in [0.29, 0.717) is 61.8 Å². The highest BCUT2D eigenvalue weighted by atomic mass is 28.4. The zero-order chi connectivity index (χ0) is 45.8. The van der Waals surface area contributed by atoms with Gasteiger partial charge in [0, 0.05) is 44.4 Å². The first-order chi connectivity index (χ1) is 31.2. The minimum atomic E-state index is -2.67. The van der Waals surface area contributed by atoms with Crippen LogP contribution in [-0.2, 0) is 20.4 Å². The van der Waals surface area contributed by atoms with Crippen molar-refractivity contribution in [1.29, 1.82) is 0 Å². The number of aryl methyl sites for hydroxylation is 2. The summed E-state index contributed by atoms with van der Waals surface area (Å²) in [5.41, 5.74) is 3.25. The average Bonchev–Trinajstić information content (AvgIpc) is 3.76. The summed E-state index contributed by atoms with van der Waals surface area (Å²) >= 11 is 0. The number of hydrogen-bond acceptors (Lipinski definition) is 10. The maximum atomic E-state index is 14.9. The first-order valence-electron chi connectivity index (χ1n) is 22.8. The molecule has 14 heteroatoms. The van der Waals surface area contributed by atoms with Crippen molar-refractivity contribution in [2.45, 2.75) is 104 Å². The Balaban J connectivity index is 1.08. The van der Waals surface area contributed by atoms with E-state index in [1.54, 1.807) is 21.9 Å². The number of carbonyl (C=O) groups is 1. The molecule has 340 valence electrons. The van der Waals surface area contributed by atoms with Crippen LogP contribution in [0.4, 0.5) is 33.5 Å². The van der Waals surface area contributed by atoms with Gasteiger partial charge in [-0.3, -0.25) is 14.3 Å². The largest absolute Gasteiger partial charge is 0.443 e. The lowest BCUT2D eigenvalue weighted by molar-refractivity contribution is -0.0394. The minimum Gasteiger partial charge on any atom is -0.443 e. The fourth-order valence-corrected chi connectivity index (χ4v) is 13.7. The third-order valence-corrected chi connectivity index (χ3v) is 17.1. The summed E-state index contributed by atoms with van der Waals surface area (Å²) in [6, 6.07) is 29.1. The van der Waals surface area contributed by atoms with Gasteiger partial charge in [-0.1, -0.05) is 106 Å². The van der Waals surface area contributed by atoms with E-state index in [2.05, 4.69) is 104 Å². The zero-order valence-electron chi connectivity index (χ0n) is 38.8. The standard InChI is InChI=1S/C51H62N8O5Si/c1-37-21-20-26-42-45(37)57(49(61)64-50(2,3)4)30-29-56(42)43-33-38-34-52-48(54-39-35-53-59(36-39)44-27-16-19-31-62-44)55-46(38)58(47(43)60)28-17-8-9-18-32-63-65(51(5,6)7,40-22-12-10-13-23-40)41-24-14-11-15-25-41/h8-15,20-26,33-36,44H,16-19,27-32H2,1-7H3,(H,52,54,55)/b9-8-. The predicted molar refractivity (Wildman–Crippen MR) is 262 cm³/mol. The van der Waals surface area contributed by atoms with E-state index in [9.17, 15) is 9.59 Å². The number of allylic oxidation sites excluding steroid dienone is 1. The van der Waals surface area contributed by atoms with Crippen LogP contribution >= 0.6 is 0 Å². The van der Waals surface area contributed by atoms with Gasteiger partial charge in [-0.05, 0) is 92.9 Å². The van der Waals surface area contributed by atoms with E-state index in [4.69, 9.17) is 23.9 Å². The third-order valence-electron chi connectivity index (χ3n) is 12.1. The molecule has 0 aliphatic carbocycles. The van der Waals surface area contributed by atoms with Crippen molar-refractivity contribution in [2.24, 2.45) is 0 Å². The molecule has 2 aliphatic rings. The van der Waals surface area contributed by atoms with Crippen molar-refractivity contribution in [3.8, 4) is 0 Å². The first kappa shape index (κ1) is 45.5. The van der Waals surface area contributed by atoms with E-state index in [0.717, 1.165) is 48.5 Å². The molecule has 5 heterocycles. The van der Waals surface area contributed by atoms with Gasteiger partial charge in [0.2, 0.25) is 5.95 Å². The number of rotatable bonds is 13. The smallest absolute Gasteiger partial charge is 0.414 e. The van der Waals surface area contributed by atoms with Crippen molar-refractivity contribution in [2.75, 3.05) is 41.4 Å². The summed E-state index contributed by atoms with van der Waals surface area (Å²) in [5.74, 6) is 0.352. The van der Waals surface area contributed by atoms with Gasteiger partial charge in [-0.15, -0.1) is 0 Å². The molecular formula is C51H62N8O5Si. The second-order valence-electron chi connectivity index (χ2n) is 18.9. The number of fused-ring (bicyclic) bond motifs is 2. The summed E-state index contributed by atoms with van der Waals surface area (Å²) in [6.07, 6.45) is 13.5. The average molecular weight is 895 g/mol. The molecule has 3 aromatic heterocycles. The first-order valence-corrected chi connectivity index (χ1v) is 24.8. The number of ether oxygens (including phenoxy) is 2. The molecule has 6 aromatic rings. The van der Waals surface area contributed by atoms with Crippen LogP contribution in [0.25, 0.3) is 11.0 Å². The molecule has 8 rings (SSSR count). The van der Waals surface area contributed by atoms with Crippen LogP contribution in [0, 0.1) is 6.92 Å². The summed E-state index contributed by atoms with van der Waals surface area (Å²) in [5, 5.41) is 10.9. The van der Waals surface area contributed by atoms with Gasteiger partial charge in [-0.2, -0.15) is 10.1 Å². The number of para-hydroxylation sites is 1. The Kier molecular flexibility index (Phi) is 13.4. The maximum Gasteiger partial charge on any atom is 0.414 e. The number of anilines is 5. The number of nitrogens with zero attached hydrogens (tertiary/aromatic N) is 7. The molecule has 0 saturated carbocycles. The molecule has 0 radical (unpaired) electrons. The highest BCUT2D eigenvalue weighted by molar-refractivity contribution is 6.99. The molecule has 1 amide bonds. The zero-order valence-corrected chi connectivity index (χ0v) is 39.8. The van der Waals surface area contributed by atoms with Crippen molar-refractivity contribution < 1.29 is 18.7 Å². The summed E-state index contributed by atoms with van der Waals surface area (Å²) in [6.45, 7) is 16.8. The van der Waals surface area contributed by atoms with E-state index >= 15 is 0 Å². The SMILES string of the molecule is Cc1cccc2c1N(C(=O)OC(C)(C)C)CCN2c1cc2cnc(Nc3cnn(C4CCCCO4)c3)nc2n(CC/C=C\CCO[Si](c2ccccc2)(c2ccccc2)C(C)(C)C)c1=O. The van der Waals surface area contributed by atoms with Gasteiger partial charge in [0.15, 0.2) is 0 Å². The van der Waals surface area contributed by atoms with Gasteiger partial charge in [0.1, 0.15) is 23.2 Å². The maximum absolute atomic E-state index is 14.9. The number of aromatic nitrogens is 5. The molecule has 1 saturated heterocycles. The molecule has 3 aromatic carbocycles. The molecule has 1 unspecified atom stereocenters. The molecule has 1 fully saturated rings. The second kappa shape index (κ2) is 19.2. The Morgan fingerprint density at radius 3 is 2.29 bits per heavy atom. The van der Waals surface area contributed by atoms with E-state index in [-0.39, 0.29) is 16.8 Å². The number of benzene rings is 3. The summed E-state index contributed by atoms with van der Waals surface area (Å²) in [7, 11) is -2.67. The van der Waals surface area contributed by atoms with E-state index < -0.39 is 20.0 Å². The van der Waals surface area contributed by atoms with Crippen molar-refractivity contribution in [1.82, 2.24) is 24.3 Å². The van der Waals surface area contributed by atoms with Crippen LogP contribution in [0.2, 0.25) is 5.04 Å². The quantitative estimate of drug-likeness (QED) is 0.0680. The van der Waals surface area contributed by atoms with Crippen LogP contribution in [0.1, 0.15) is 85.4 Å². The lowest BCUT2D eigenvalue weighted by Crippen LogP contribution is -2.66. The van der Waals surface area contributed by atoms with Gasteiger partial charge in [-0.25, -0.2) is 14.5 Å². The van der Waals surface area contributed by atoms with Gasteiger partial charge >= 0.3 is 6.09 Å². The van der Waals surface area contributed by atoms with Gasteiger partial charge < -0.3 is 24.1 Å². The number of carbonyl (C=O) groups excluding carboxylic acids is 1. The Labute approximate surface area is 383 Å². The topological polar surface area (TPSA) is 129 Å². The molecule has 0 bridgehead atoms. The van der Waals surface area contributed by atoms with E-state index in [1.165, 1.54) is 10.4 Å². The number of nitrogens with one attached hydrogen (secondary N) is 1. The molecular weight excluding hydrogens is 833 g/mol. The lowest BCUT2D eigenvalue weighted by atomic mass is 10.1. The van der Waals surface area contributed by atoms with Crippen molar-refractivity contribution in [3.63, 3.8) is 0 Å². The van der Waals surface area contributed by atoms with Crippen molar-refractivity contribution in [3.05, 3.63) is 132 Å². The number of amides is 1. The van der Waals surface area contributed by atoms with Crippen LogP contribution in [0.3, 0.4) is 0 Å². The summed E-state index contributed by atoms with van der Waals surface area (Å²) in [4.78, 5) is 41.8. The highest BCUT2D eigenvalue weighted by Gasteiger charge is 2.50. The third kappa shape index (κ3) is 9.80. The van der Waals surface area contributed by atoms with Crippen LogP contribution in [0.5, 0.6) is 0 Å². The van der Waals surface area contributed by atoms with Crippen LogP contribution in [0.15, 0.2) is 120 Å². The normalized spacial score (nSPS) is 16.0. The number of hydrogen-bond donors (Lipinski definition) is 1. The monoisotopic (exact) mass is 894 g/mol. The second-order valence-corrected chi connectivity index (χ2v) is 23.2. The lowest BCUT2D eigenvalue weighted by Gasteiger charge is -2.43. The molecule has 1 N–H and O–H groups in total. The van der Waals surface area contributed by atoms with E-state index in [1.807, 2.05) is 67.7 Å².